The molecule has 110 valence electrons. The number of fused-ring (bicyclic) bond motifs is 1. The summed E-state index contributed by atoms with van der Waals surface area (Å²) >= 11 is 0. The summed E-state index contributed by atoms with van der Waals surface area (Å²) in [7, 11) is 0. The second-order valence-corrected chi connectivity index (χ2v) is 5.13. The van der Waals surface area contributed by atoms with Crippen LogP contribution in [-0.4, -0.2) is 15.0 Å². The van der Waals surface area contributed by atoms with Crippen LogP contribution in [0.5, 0.6) is 0 Å². The van der Waals surface area contributed by atoms with Crippen molar-refractivity contribution in [2.24, 2.45) is 0 Å². The fourth-order valence-corrected chi connectivity index (χ4v) is 2.46. The van der Waals surface area contributed by atoms with E-state index in [2.05, 4.69) is 4.98 Å². The van der Waals surface area contributed by atoms with Gasteiger partial charge in [0, 0.05) is 29.3 Å². The Labute approximate surface area is 127 Å². The van der Waals surface area contributed by atoms with Crippen molar-refractivity contribution in [1.82, 2.24) is 4.98 Å². The molecule has 0 aliphatic carbocycles. The molecule has 1 unspecified atom stereocenters. The molecule has 3 aromatic rings. The predicted molar refractivity (Wildman–Crippen MR) is 84.5 cm³/mol. The Balaban J connectivity index is 2.29. The fraction of sp³-hybridized carbons (Fsp3) is 0.118. The second kappa shape index (κ2) is 5.54. The van der Waals surface area contributed by atoms with Gasteiger partial charge in [0.25, 0.3) is 5.69 Å². The smallest absolute Gasteiger partial charge is 0.270 e. The first kappa shape index (κ1) is 14.2. The molecule has 0 amide bonds. The van der Waals surface area contributed by atoms with Gasteiger partial charge in [0.2, 0.25) is 0 Å². The molecular weight excluding hydrogens is 280 g/mol. The molecule has 0 saturated carbocycles. The lowest BCUT2D eigenvalue weighted by Gasteiger charge is -2.11. The van der Waals surface area contributed by atoms with Gasteiger partial charge in [-0.15, -0.1) is 0 Å². The third-order valence-electron chi connectivity index (χ3n) is 3.58. The van der Waals surface area contributed by atoms with E-state index < -0.39 is 11.0 Å². The number of aliphatic hydroxyl groups excluding tert-OH is 1. The van der Waals surface area contributed by atoms with E-state index in [1.807, 2.05) is 30.3 Å². The monoisotopic (exact) mass is 294 g/mol. The molecule has 0 spiro atoms. The molecule has 0 saturated heterocycles. The van der Waals surface area contributed by atoms with Gasteiger partial charge in [0.1, 0.15) is 0 Å². The van der Waals surface area contributed by atoms with Crippen molar-refractivity contribution in [3.05, 3.63) is 70.4 Å². The first-order valence-electron chi connectivity index (χ1n) is 6.88. The van der Waals surface area contributed by atoms with E-state index in [1.54, 1.807) is 19.2 Å². The number of hydrogen-bond acceptors (Lipinski definition) is 4. The lowest BCUT2D eigenvalue weighted by Crippen LogP contribution is -1.95. The zero-order chi connectivity index (χ0) is 15.7. The van der Waals surface area contributed by atoms with Gasteiger partial charge in [0.05, 0.1) is 16.5 Å². The summed E-state index contributed by atoms with van der Waals surface area (Å²) in [5.74, 6) is 0. The summed E-state index contributed by atoms with van der Waals surface area (Å²) in [5, 5.41) is 21.7. The SMILES string of the molecule is CC(O)c1cc(-c2cccc([N+](=O)[O-])c2)c2ncccc2c1. The number of nitrogens with zero attached hydrogens (tertiary/aromatic N) is 2. The number of benzene rings is 2. The molecule has 1 N–H and O–H groups in total. The quantitative estimate of drug-likeness (QED) is 0.587. The molecule has 3 rings (SSSR count). The zero-order valence-corrected chi connectivity index (χ0v) is 11.9. The van der Waals surface area contributed by atoms with Gasteiger partial charge in [-0.25, -0.2) is 0 Å². The minimum Gasteiger partial charge on any atom is -0.389 e. The van der Waals surface area contributed by atoms with Crippen LogP contribution in [0.15, 0.2) is 54.7 Å². The summed E-state index contributed by atoms with van der Waals surface area (Å²) in [5.41, 5.74) is 3.02. The Morgan fingerprint density at radius 2 is 2.00 bits per heavy atom. The maximum atomic E-state index is 11.0. The van der Waals surface area contributed by atoms with Gasteiger partial charge in [-0.1, -0.05) is 18.2 Å². The molecule has 1 aromatic heterocycles. The van der Waals surface area contributed by atoms with Crippen LogP contribution in [-0.2, 0) is 0 Å². The standard InChI is InChI=1S/C17H14N2O3/c1-11(20)14-8-13-5-3-7-18-17(13)16(10-14)12-4-2-6-15(9-12)19(21)22/h2-11,20H,1H3. The van der Waals surface area contributed by atoms with Crippen LogP contribution >= 0.6 is 0 Å². The molecule has 0 radical (unpaired) electrons. The van der Waals surface area contributed by atoms with Gasteiger partial charge in [0.15, 0.2) is 0 Å². The van der Waals surface area contributed by atoms with Crippen molar-refractivity contribution < 1.29 is 10.0 Å². The molecule has 1 heterocycles. The van der Waals surface area contributed by atoms with Crippen LogP contribution < -0.4 is 0 Å². The Kier molecular flexibility index (Phi) is 3.56. The fourth-order valence-electron chi connectivity index (χ4n) is 2.46. The number of rotatable bonds is 3. The molecule has 5 heteroatoms. The van der Waals surface area contributed by atoms with Crippen molar-refractivity contribution in [3.8, 4) is 11.1 Å². The average Bonchev–Trinajstić information content (AvgIpc) is 2.53. The second-order valence-electron chi connectivity index (χ2n) is 5.13. The molecule has 2 aromatic carbocycles. The number of pyridine rings is 1. The van der Waals surface area contributed by atoms with Crippen molar-refractivity contribution >= 4 is 16.6 Å². The third-order valence-corrected chi connectivity index (χ3v) is 3.58. The van der Waals surface area contributed by atoms with Crippen LogP contribution in [0.25, 0.3) is 22.0 Å². The number of aliphatic hydroxyl groups is 1. The molecule has 0 fully saturated rings. The number of nitro groups is 1. The van der Waals surface area contributed by atoms with E-state index in [0.29, 0.717) is 5.56 Å². The highest BCUT2D eigenvalue weighted by Crippen LogP contribution is 2.32. The van der Waals surface area contributed by atoms with Crippen LogP contribution in [0.3, 0.4) is 0 Å². The van der Waals surface area contributed by atoms with Crippen LogP contribution in [0.4, 0.5) is 5.69 Å². The summed E-state index contributed by atoms with van der Waals surface area (Å²) < 4.78 is 0. The van der Waals surface area contributed by atoms with Gasteiger partial charge < -0.3 is 5.11 Å². The van der Waals surface area contributed by atoms with Crippen LogP contribution in [0.1, 0.15) is 18.6 Å². The summed E-state index contributed by atoms with van der Waals surface area (Å²) in [6.45, 7) is 1.69. The Morgan fingerprint density at radius 3 is 2.73 bits per heavy atom. The van der Waals surface area contributed by atoms with Gasteiger partial charge in [-0.05, 0) is 36.2 Å². The number of non-ortho nitro benzene ring substituents is 1. The lowest BCUT2D eigenvalue weighted by atomic mass is 9.97. The molecule has 0 aliphatic rings. The topological polar surface area (TPSA) is 76.3 Å². The van der Waals surface area contributed by atoms with Crippen LogP contribution in [0.2, 0.25) is 0 Å². The van der Waals surface area contributed by atoms with Crippen molar-refractivity contribution in [2.75, 3.05) is 0 Å². The first-order valence-corrected chi connectivity index (χ1v) is 6.88. The van der Waals surface area contributed by atoms with Crippen molar-refractivity contribution in [1.29, 1.82) is 0 Å². The summed E-state index contributed by atoms with van der Waals surface area (Å²) in [6.07, 6.45) is 1.06. The first-order chi connectivity index (χ1) is 10.6. The molecule has 5 nitrogen and oxygen atoms in total. The maximum Gasteiger partial charge on any atom is 0.270 e. The van der Waals surface area contributed by atoms with Crippen molar-refractivity contribution in [2.45, 2.75) is 13.0 Å². The maximum absolute atomic E-state index is 11.0. The molecule has 22 heavy (non-hydrogen) atoms. The Morgan fingerprint density at radius 1 is 1.18 bits per heavy atom. The number of hydrogen-bond donors (Lipinski definition) is 1. The van der Waals surface area contributed by atoms with E-state index in [-0.39, 0.29) is 5.69 Å². The molecular formula is C17H14N2O3. The molecule has 0 bridgehead atoms. The minimum absolute atomic E-state index is 0.0315. The van der Waals surface area contributed by atoms with Crippen molar-refractivity contribution in [3.63, 3.8) is 0 Å². The summed E-state index contributed by atoms with van der Waals surface area (Å²) in [4.78, 5) is 14.9. The predicted octanol–water partition coefficient (Wildman–Crippen LogP) is 3.86. The Hall–Kier alpha value is -2.79. The highest BCUT2D eigenvalue weighted by atomic mass is 16.6. The highest BCUT2D eigenvalue weighted by Gasteiger charge is 2.13. The minimum atomic E-state index is -0.623. The Bertz CT molecular complexity index is 859. The highest BCUT2D eigenvalue weighted by molar-refractivity contribution is 5.94. The van der Waals surface area contributed by atoms with E-state index in [1.165, 1.54) is 12.1 Å². The number of aromatic nitrogens is 1. The van der Waals surface area contributed by atoms with Gasteiger partial charge in [-0.3, -0.25) is 15.1 Å². The average molecular weight is 294 g/mol. The van der Waals surface area contributed by atoms with E-state index in [9.17, 15) is 15.2 Å². The van der Waals surface area contributed by atoms with Gasteiger partial charge >= 0.3 is 0 Å². The molecule has 0 aliphatic heterocycles. The summed E-state index contributed by atoms with van der Waals surface area (Å²) in [6, 6.07) is 13.9. The van der Waals surface area contributed by atoms with E-state index in [4.69, 9.17) is 0 Å². The normalized spacial score (nSPS) is 12.3. The van der Waals surface area contributed by atoms with Gasteiger partial charge in [-0.2, -0.15) is 0 Å². The van der Waals surface area contributed by atoms with Crippen LogP contribution in [0, 0.1) is 10.1 Å². The largest absolute Gasteiger partial charge is 0.389 e. The van der Waals surface area contributed by atoms with E-state index in [0.717, 1.165) is 22.0 Å². The van der Waals surface area contributed by atoms with E-state index >= 15 is 0 Å². The number of nitro benzene ring substituents is 1. The lowest BCUT2D eigenvalue weighted by molar-refractivity contribution is -0.384. The third kappa shape index (κ3) is 2.54. The zero-order valence-electron chi connectivity index (χ0n) is 11.9. The molecule has 1 atom stereocenters.